The van der Waals surface area contributed by atoms with E-state index in [1.165, 1.54) is 7.05 Å². The van der Waals surface area contributed by atoms with Crippen LogP contribution in [-0.2, 0) is 26.0 Å². The Morgan fingerprint density at radius 2 is 1.90 bits per heavy atom. The number of rotatable bonds is 9. The minimum Gasteiger partial charge on any atom is -0.465 e. The van der Waals surface area contributed by atoms with E-state index >= 15 is 0 Å². The highest BCUT2D eigenvalue weighted by molar-refractivity contribution is 7.89. The van der Waals surface area contributed by atoms with Crippen LogP contribution in [0.2, 0.25) is 0 Å². The zero-order valence-corrected chi connectivity index (χ0v) is 19.0. The van der Waals surface area contributed by atoms with Gasteiger partial charge in [-0.15, -0.1) is 0 Å². The minimum atomic E-state index is -3.86. The van der Waals surface area contributed by atoms with E-state index in [-0.39, 0.29) is 17.4 Å². The van der Waals surface area contributed by atoms with Crippen LogP contribution in [0.25, 0.3) is 11.0 Å². The van der Waals surface area contributed by atoms with Crippen LogP contribution >= 0.6 is 0 Å². The second-order valence-electron chi connectivity index (χ2n) is 7.82. The Labute approximate surface area is 182 Å². The molecule has 0 radical (unpaired) electrons. The summed E-state index contributed by atoms with van der Waals surface area (Å²) in [5.41, 5.74) is 2.60. The van der Waals surface area contributed by atoms with Crippen molar-refractivity contribution < 1.29 is 17.9 Å². The number of likely N-dealkylation sites (N-methyl/N-ethyl adjacent to an activating group) is 1. The lowest BCUT2D eigenvalue weighted by molar-refractivity contribution is -0.147. The van der Waals surface area contributed by atoms with Gasteiger partial charge in [-0.3, -0.25) is 9.78 Å². The van der Waals surface area contributed by atoms with Crippen LogP contribution in [0.1, 0.15) is 38.6 Å². The van der Waals surface area contributed by atoms with Crippen LogP contribution in [0, 0.1) is 5.92 Å². The third-order valence-electron chi connectivity index (χ3n) is 5.00. The van der Waals surface area contributed by atoms with Crippen LogP contribution in [0.3, 0.4) is 0 Å². The van der Waals surface area contributed by atoms with Crippen LogP contribution in [0.4, 0.5) is 0 Å². The van der Waals surface area contributed by atoms with Gasteiger partial charge < -0.3 is 9.72 Å². The van der Waals surface area contributed by atoms with Gasteiger partial charge in [0.05, 0.1) is 28.7 Å². The molecule has 0 unspecified atom stereocenters. The largest absolute Gasteiger partial charge is 0.465 e. The number of nitrogens with zero attached hydrogens (tertiary/aromatic N) is 3. The zero-order valence-electron chi connectivity index (χ0n) is 18.2. The van der Waals surface area contributed by atoms with Gasteiger partial charge in [0.15, 0.2) is 0 Å². The number of imidazole rings is 1. The number of ether oxygens (including phenoxy) is 1. The average molecular weight is 445 g/mol. The smallest absolute Gasteiger partial charge is 0.324 e. The van der Waals surface area contributed by atoms with Gasteiger partial charge in [-0.1, -0.05) is 26.0 Å². The molecule has 0 aliphatic rings. The van der Waals surface area contributed by atoms with Gasteiger partial charge in [-0.05, 0) is 43.0 Å². The molecule has 31 heavy (non-hydrogen) atoms. The molecular weight excluding hydrogens is 416 g/mol. The Kier molecular flexibility index (Phi) is 7.07. The maximum Gasteiger partial charge on any atom is 0.324 e. The van der Waals surface area contributed by atoms with E-state index in [2.05, 4.69) is 15.0 Å². The maximum absolute atomic E-state index is 13.1. The summed E-state index contributed by atoms with van der Waals surface area (Å²) < 4.78 is 32.5. The number of nitrogens with one attached hydrogen (secondary N) is 1. The van der Waals surface area contributed by atoms with E-state index in [0.717, 1.165) is 26.7 Å². The number of sulfonamides is 1. The lowest BCUT2D eigenvalue weighted by Gasteiger charge is -2.27. The van der Waals surface area contributed by atoms with Gasteiger partial charge in [0.1, 0.15) is 11.9 Å². The molecule has 0 aliphatic heterocycles. The fourth-order valence-electron chi connectivity index (χ4n) is 3.38. The lowest BCUT2D eigenvalue weighted by Crippen LogP contribution is -2.44. The molecule has 0 amide bonds. The predicted molar refractivity (Wildman–Crippen MR) is 118 cm³/mol. The topological polar surface area (TPSA) is 105 Å². The Balaban J connectivity index is 1.79. The molecule has 0 saturated carbocycles. The third-order valence-corrected chi connectivity index (χ3v) is 6.88. The van der Waals surface area contributed by atoms with E-state index in [1.54, 1.807) is 43.6 Å². The van der Waals surface area contributed by atoms with Gasteiger partial charge in [0.25, 0.3) is 0 Å². The van der Waals surface area contributed by atoms with Gasteiger partial charge in [0, 0.05) is 19.7 Å². The lowest BCUT2D eigenvalue weighted by atomic mass is 10.0. The summed E-state index contributed by atoms with van der Waals surface area (Å²) in [5.74, 6) is 0.377. The first-order chi connectivity index (χ1) is 14.7. The molecule has 0 spiro atoms. The Hall–Kier alpha value is -2.78. The van der Waals surface area contributed by atoms with Crippen molar-refractivity contribution in [3.05, 3.63) is 54.1 Å². The minimum absolute atomic E-state index is 0.130. The highest BCUT2D eigenvalue weighted by Crippen LogP contribution is 2.22. The van der Waals surface area contributed by atoms with Crippen LogP contribution in [-0.4, -0.2) is 53.3 Å². The van der Waals surface area contributed by atoms with Crippen molar-refractivity contribution in [1.82, 2.24) is 19.3 Å². The predicted octanol–water partition coefficient (Wildman–Crippen LogP) is 3.15. The zero-order chi connectivity index (χ0) is 22.6. The fraction of sp³-hybridized carbons (Fsp3) is 0.409. The molecule has 0 saturated heterocycles. The number of hydrogen-bond acceptors (Lipinski definition) is 6. The van der Waals surface area contributed by atoms with E-state index < -0.39 is 22.0 Å². The molecule has 2 heterocycles. The standard InChI is InChI=1S/C22H28N4O4S/c1-5-30-22(27)20(12-15(2)3)26(4)31(28,29)17-8-6-16(7-9-17)13-21-24-18-10-11-23-14-19(18)25-21/h6-11,14-15,20H,5,12-13H2,1-4H3,(H,24,25)/t20-/m0/s1. The number of fused-ring (bicyclic) bond motifs is 1. The number of aromatic amines is 1. The van der Waals surface area contributed by atoms with Crippen molar-refractivity contribution in [2.75, 3.05) is 13.7 Å². The highest BCUT2D eigenvalue weighted by Gasteiger charge is 2.34. The first-order valence-corrected chi connectivity index (χ1v) is 11.7. The number of carbonyl (C=O) groups is 1. The summed E-state index contributed by atoms with van der Waals surface area (Å²) in [5, 5.41) is 0. The van der Waals surface area contributed by atoms with Crippen LogP contribution < -0.4 is 0 Å². The monoisotopic (exact) mass is 444 g/mol. The van der Waals surface area contributed by atoms with Crippen molar-refractivity contribution in [1.29, 1.82) is 0 Å². The van der Waals surface area contributed by atoms with Crippen molar-refractivity contribution in [2.24, 2.45) is 5.92 Å². The second kappa shape index (κ2) is 9.57. The molecule has 1 aromatic carbocycles. The van der Waals surface area contributed by atoms with E-state index in [9.17, 15) is 13.2 Å². The summed E-state index contributed by atoms with van der Waals surface area (Å²) >= 11 is 0. The summed E-state index contributed by atoms with van der Waals surface area (Å²) in [6.45, 7) is 5.79. The number of carbonyl (C=O) groups excluding carboxylic acids is 1. The van der Waals surface area contributed by atoms with Crippen molar-refractivity contribution in [3.8, 4) is 0 Å². The first kappa shape index (κ1) is 22.9. The molecule has 0 aliphatic carbocycles. The highest BCUT2D eigenvalue weighted by atomic mass is 32.2. The molecule has 0 bridgehead atoms. The van der Waals surface area contributed by atoms with E-state index in [4.69, 9.17) is 4.74 Å². The van der Waals surface area contributed by atoms with Crippen molar-refractivity contribution >= 4 is 27.0 Å². The number of pyridine rings is 1. The number of benzene rings is 1. The molecular formula is C22H28N4O4S. The van der Waals surface area contributed by atoms with Crippen LogP contribution in [0.5, 0.6) is 0 Å². The fourth-order valence-corrected chi connectivity index (χ4v) is 4.70. The van der Waals surface area contributed by atoms with Crippen LogP contribution in [0.15, 0.2) is 47.6 Å². The Bertz CT molecular complexity index is 1110. The SMILES string of the molecule is CCOC(=O)[C@H](CC(C)C)N(C)S(=O)(=O)c1ccc(Cc2nc3ccncc3[nH]2)cc1. The summed E-state index contributed by atoms with van der Waals surface area (Å²) in [6.07, 6.45) is 4.32. The number of hydrogen-bond donors (Lipinski definition) is 1. The van der Waals surface area contributed by atoms with Gasteiger partial charge in [-0.2, -0.15) is 4.31 Å². The normalized spacial score (nSPS) is 13.1. The number of aromatic nitrogens is 3. The molecule has 0 fully saturated rings. The quantitative estimate of drug-likeness (QED) is 0.508. The maximum atomic E-state index is 13.1. The van der Waals surface area contributed by atoms with Gasteiger partial charge in [0.2, 0.25) is 10.0 Å². The summed E-state index contributed by atoms with van der Waals surface area (Å²) in [6, 6.07) is 7.60. The molecule has 1 atom stereocenters. The van der Waals surface area contributed by atoms with Crippen molar-refractivity contribution in [3.63, 3.8) is 0 Å². The van der Waals surface area contributed by atoms with E-state index in [1.807, 2.05) is 19.9 Å². The summed E-state index contributed by atoms with van der Waals surface area (Å²) in [7, 11) is -2.43. The third kappa shape index (κ3) is 5.29. The molecule has 8 nitrogen and oxygen atoms in total. The number of esters is 1. The van der Waals surface area contributed by atoms with E-state index in [0.29, 0.717) is 12.8 Å². The van der Waals surface area contributed by atoms with Gasteiger partial charge in [-0.25, -0.2) is 13.4 Å². The first-order valence-electron chi connectivity index (χ1n) is 10.2. The molecule has 2 aromatic heterocycles. The Morgan fingerprint density at radius 3 is 2.52 bits per heavy atom. The molecule has 3 rings (SSSR count). The molecule has 9 heteroatoms. The second-order valence-corrected chi connectivity index (χ2v) is 9.81. The number of H-pyrrole nitrogens is 1. The molecule has 3 aromatic rings. The van der Waals surface area contributed by atoms with Gasteiger partial charge >= 0.3 is 5.97 Å². The Morgan fingerprint density at radius 1 is 1.19 bits per heavy atom. The molecule has 166 valence electrons. The summed E-state index contributed by atoms with van der Waals surface area (Å²) in [4.78, 5) is 24.3. The average Bonchev–Trinajstić information content (AvgIpc) is 3.14. The van der Waals surface area contributed by atoms with Crippen molar-refractivity contribution in [2.45, 2.75) is 44.6 Å². The molecule has 1 N–H and O–H groups in total.